The number of benzene rings is 4. The minimum absolute atomic E-state index is 0.0955. The van der Waals surface area contributed by atoms with E-state index in [1.807, 2.05) is 0 Å². The fourth-order valence-electron chi connectivity index (χ4n) is 4.65. The molecule has 3 nitrogen and oxygen atoms in total. The number of rotatable bonds is 6. The predicted octanol–water partition coefficient (Wildman–Crippen LogP) is 8.11. The Morgan fingerprint density at radius 3 is 1.94 bits per heavy atom. The smallest absolute Gasteiger partial charge is 0.282 e. The minimum atomic E-state index is -4.23. The second-order valence-electron chi connectivity index (χ2n) is 9.59. The van der Waals surface area contributed by atoms with E-state index in [4.69, 9.17) is 0 Å². The highest BCUT2D eigenvalue weighted by molar-refractivity contribution is 7.85. The Morgan fingerprint density at radius 1 is 0.818 bits per heavy atom. The van der Waals surface area contributed by atoms with Crippen LogP contribution < -0.4 is 0 Å². The van der Waals surface area contributed by atoms with Crippen molar-refractivity contribution in [2.24, 2.45) is 0 Å². The molecule has 0 aliphatic carbocycles. The van der Waals surface area contributed by atoms with Crippen molar-refractivity contribution < 1.29 is 13.0 Å². The maximum Gasteiger partial charge on any atom is 0.294 e. The Hall–Kier alpha value is -2.69. The first-order valence-corrected chi connectivity index (χ1v) is 13.1. The van der Waals surface area contributed by atoms with Gasteiger partial charge in [-0.2, -0.15) is 8.42 Å². The Morgan fingerprint density at radius 2 is 1.39 bits per heavy atom. The SMILES string of the molecule is CCC(C)(CC)c1ccc2c(-c3ccc(S(=O)(=O)O)cc3)c3ccc(C(C)C)cc3cc2c1. The lowest BCUT2D eigenvalue weighted by molar-refractivity contribution is 0.439. The van der Waals surface area contributed by atoms with Crippen molar-refractivity contribution in [3.8, 4) is 11.1 Å². The van der Waals surface area contributed by atoms with Crippen LogP contribution in [-0.2, 0) is 15.5 Å². The molecule has 0 saturated carbocycles. The van der Waals surface area contributed by atoms with Crippen molar-refractivity contribution in [3.63, 3.8) is 0 Å². The van der Waals surface area contributed by atoms with Crippen molar-refractivity contribution in [1.82, 2.24) is 0 Å². The topological polar surface area (TPSA) is 54.4 Å². The first kappa shape index (κ1) is 23.5. The van der Waals surface area contributed by atoms with E-state index in [9.17, 15) is 13.0 Å². The average Bonchev–Trinajstić information content (AvgIpc) is 2.80. The van der Waals surface area contributed by atoms with Gasteiger partial charge in [-0.15, -0.1) is 0 Å². The van der Waals surface area contributed by atoms with E-state index < -0.39 is 10.1 Å². The third kappa shape index (κ3) is 4.30. The summed E-state index contributed by atoms with van der Waals surface area (Å²) in [5.74, 6) is 0.428. The molecule has 0 aromatic heterocycles. The Kier molecular flexibility index (Phi) is 6.10. The van der Waals surface area contributed by atoms with Gasteiger partial charge in [0, 0.05) is 0 Å². The second-order valence-corrected chi connectivity index (χ2v) is 11.0. The van der Waals surface area contributed by atoms with Gasteiger partial charge in [0.1, 0.15) is 0 Å². The van der Waals surface area contributed by atoms with E-state index >= 15 is 0 Å². The van der Waals surface area contributed by atoms with E-state index in [0.717, 1.165) is 34.7 Å². The third-order valence-electron chi connectivity index (χ3n) is 7.34. The van der Waals surface area contributed by atoms with Gasteiger partial charge in [-0.3, -0.25) is 4.55 Å². The highest BCUT2D eigenvalue weighted by atomic mass is 32.2. The van der Waals surface area contributed by atoms with Crippen molar-refractivity contribution in [2.45, 2.75) is 63.7 Å². The molecule has 0 spiro atoms. The van der Waals surface area contributed by atoms with Crippen LogP contribution in [0.4, 0.5) is 0 Å². The molecule has 0 unspecified atom stereocenters. The summed E-state index contributed by atoms with van der Waals surface area (Å²) < 4.78 is 32.5. The van der Waals surface area contributed by atoms with Crippen LogP contribution in [0.25, 0.3) is 32.7 Å². The highest BCUT2D eigenvalue weighted by Crippen LogP contribution is 2.40. The standard InChI is InChI=1S/C29H32O3S/c1-6-29(5,7-2)24-11-15-27-23(18-24)17-22-16-21(19(3)4)10-14-26(22)28(27)20-8-12-25(13-9-20)33(30,31)32/h8-19H,6-7H2,1-5H3,(H,30,31,32). The monoisotopic (exact) mass is 460 g/mol. The van der Waals surface area contributed by atoms with Gasteiger partial charge < -0.3 is 0 Å². The second kappa shape index (κ2) is 8.58. The molecule has 0 atom stereocenters. The van der Waals surface area contributed by atoms with Crippen molar-refractivity contribution >= 4 is 31.7 Å². The van der Waals surface area contributed by atoms with Crippen LogP contribution in [0.2, 0.25) is 0 Å². The van der Waals surface area contributed by atoms with Crippen LogP contribution in [0.5, 0.6) is 0 Å². The molecule has 0 aliphatic heterocycles. The van der Waals surface area contributed by atoms with Crippen LogP contribution >= 0.6 is 0 Å². The number of fused-ring (bicyclic) bond motifs is 2. The van der Waals surface area contributed by atoms with Gasteiger partial charge in [0.25, 0.3) is 10.1 Å². The van der Waals surface area contributed by atoms with Crippen molar-refractivity contribution in [2.75, 3.05) is 0 Å². The molecule has 33 heavy (non-hydrogen) atoms. The van der Waals surface area contributed by atoms with Gasteiger partial charge in [-0.25, -0.2) is 0 Å². The largest absolute Gasteiger partial charge is 0.294 e. The summed E-state index contributed by atoms with van der Waals surface area (Å²) in [4.78, 5) is -0.0955. The van der Waals surface area contributed by atoms with E-state index in [0.29, 0.717) is 5.92 Å². The summed E-state index contributed by atoms with van der Waals surface area (Å²) in [6, 6.07) is 22.2. The number of hydrogen-bond acceptors (Lipinski definition) is 2. The number of hydrogen-bond donors (Lipinski definition) is 1. The Balaban J connectivity index is 2.05. The normalized spacial score (nSPS) is 12.7. The van der Waals surface area contributed by atoms with Gasteiger partial charge in [0.15, 0.2) is 0 Å². The molecule has 4 aromatic carbocycles. The van der Waals surface area contributed by atoms with E-state index in [1.54, 1.807) is 12.1 Å². The molecule has 4 rings (SSSR count). The average molecular weight is 461 g/mol. The molecule has 0 amide bonds. The molecular weight excluding hydrogens is 428 g/mol. The first-order valence-electron chi connectivity index (χ1n) is 11.7. The van der Waals surface area contributed by atoms with Gasteiger partial charge in [0.05, 0.1) is 4.90 Å². The maximum absolute atomic E-state index is 11.6. The lowest BCUT2D eigenvalue weighted by Gasteiger charge is -2.28. The van der Waals surface area contributed by atoms with Crippen LogP contribution in [-0.4, -0.2) is 13.0 Å². The molecule has 0 saturated heterocycles. The van der Waals surface area contributed by atoms with Gasteiger partial charge in [0.2, 0.25) is 0 Å². The van der Waals surface area contributed by atoms with E-state index in [-0.39, 0.29) is 10.3 Å². The van der Waals surface area contributed by atoms with Gasteiger partial charge >= 0.3 is 0 Å². The molecular formula is C29H32O3S. The lowest BCUT2D eigenvalue weighted by atomic mass is 9.77. The van der Waals surface area contributed by atoms with Crippen LogP contribution in [0.1, 0.15) is 64.5 Å². The molecule has 4 heteroatoms. The fraction of sp³-hybridized carbons (Fsp3) is 0.310. The van der Waals surface area contributed by atoms with Crippen LogP contribution in [0, 0.1) is 0 Å². The van der Waals surface area contributed by atoms with Gasteiger partial charge in [-0.1, -0.05) is 83.1 Å². The quantitative estimate of drug-likeness (QED) is 0.233. The summed E-state index contributed by atoms with van der Waals surface area (Å²) in [7, 11) is -4.23. The molecule has 0 aliphatic rings. The van der Waals surface area contributed by atoms with Crippen molar-refractivity contribution in [3.05, 3.63) is 77.9 Å². The summed E-state index contributed by atoms with van der Waals surface area (Å²) in [6.45, 7) is 11.2. The van der Waals surface area contributed by atoms with Crippen molar-refractivity contribution in [1.29, 1.82) is 0 Å². The summed E-state index contributed by atoms with van der Waals surface area (Å²) in [5.41, 5.74) is 4.77. The van der Waals surface area contributed by atoms with Crippen LogP contribution in [0.15, 0.2) is 71.6 Å². The predicted molar refractivity (Wildman–Crippen MR) is 139 cm³/mol. The molecule has 0 bridgehead atoms. The molecule has 1 N–H and O–H groups in total. The maximum atomic E-state index is 11.6. The van der Waals surface area contributed by atoms with Crippen LogP contribution in [0.3, 0.4) is 0 Å². The zero-order valence-corrected chi connectivity index (χ0v) is 20.8. The fourth-order valence-corrected chi connectivity index (χ4v) is 5.13. The summed E-state index contributed by atoms with van der Waals surface area (Å²) >= 11 is 0. The molecule has 0 fully saturated rings. The Labute approximate surface area is 197 Å². The minimum Gasteiger partial charge on any atom is -0.282 e. The summed E-state index contributed by atoms with van der Waals surface area (Å²) in [5, 5.41) is 4.63. The third-order valence-corrected chi connectivity index (χ3v) is 8.21. The Bertz CT molecular complexity index is 1430. The molecule has 4 aromatic rings. The molecule has 0 heterocycles. The first-order chi connectivity index (χ1) is 15.6. The van der Waals surface area contributed by atoms with Gasteiger partial charge in [-0.05, 0) is 86.2 Å². The zero-order valence-electron chi connectivity index (χ0n) is 20.0. The molecule has 172 valence electrons. The highest BCUT2D eigenvalue weighted by Gasteiger charge is 2.23. The van der Waals surface area contributed by atoms with E-state index in [2.05, 4.69) is 77.1 Å². The zero-order chi connectivity index (χ0) is 24.0. The molecule has 0 radical (unpaired) electrons. The lowest BCUT2D eigenvalue weighted by Crippen LogP contribution is -2.19. The van der Waals surface area contributed by atoms with E-state index in [1.165, 1.54) is 34.0 Å². The summed E-state index contributed by atoms with van der Waals surface area (Å²) in [6.07, 6.45) is 2.15.